The van der Waals surface area contributed by atoms with Crippen LogP contribution in [0.25, 0.3) is 0 Å². The van der Waals surface area contributed by atoms with Crippen molar-refractivity contribution in [1.82, 2.24) is 0 Å². The Morgan fingerprint density at radius 1 is 1.29 bits per heavy atom. The second-order valence-corrected chi connectivity index (χ2v) is 6.06. The molecule has 0 aromatic heterocycles. The minimum absolute atomic E-state index is 0.0940. The maximum Gasteiger partial charge on any atom is 0.346 e. The Kier molecular flexibility index (Phi) is 5.49. The van der Waals surface area contributed by atoms with Crippen molar-refractivity contribution in [2.75, 3.05) is 14.2 Å². The molecule has 0 aliphatic carbocycles. The Morgan fingerprint density at radius 3 is 2.58 bits per heavy atom. The molecule has 1 aliphatic rings. The molecule has 2 rings (SSSR count). The lowest BCUT2D eigenvalue weighted by Crippen LogP contribution is -2.14. The molecule has 6 heteroatoms. The zero-order chi connectivity index (χ0) is 17.9. The van der Waals surface area contributed by atoms with E-state index < -0.39 is 17.9 Å². The summed E-state index contributed by atoms with van der Waals surface area (Å²) in [6, 6.07) is 5.07. The fourth-order valence-electron chi connectivity index (χ4n) is 2.64. The second-order valence-electron chi connectivity index (χ2n) is 6.06. The first kappa shape index (κ1) is 17.8. The van der Waals surface area contributed by atoms with E-state index in [1.54, 1.807) is 18.2 Å². The van der Waals surface area contributed by atoms with E-state index in [1.807, 2.05) is 13.8 Å². The highest BCUT2D eigenvalue weighted by molar-refractivity contribution is 6.19. The summed E-state index contributed by atoms with van der Waals surface area (Å²) in [6.45, 7) is 3.89. The SMILES string of the molecule is COc1ccc(OC)c(CC(=O)C2=C(O)C(CC(C)C)OC2=O)c1. The summed E-state index contributed by atoms with van der Waals surface area (Å²) in [4.78, 5) is 24.5. The number of carbonyl (C=O) groups excluding carboxylic acids is 2. The lowest BCUT2D eigenvalue weighted by atomic mass is 9.99. The molecular formula is C18H22O6. The Morgan fingerprint density at radius 2 is 2.00 bits per heavy atom. The minimum atomic E-state index is -0.773. The van der Waals surface area contributed by atoms with E-state index in [0.29, 0.717) is 23.5 Å². The van der Waals surface area contributed by atoms with Crippen molar-refractivity contribution in [3.63, 3.8) is 0 Å². The van der Waals surface area contributed by atoms with Crippen molar-refractivity contribution in [2.24, 2.45) is 5.92 Å². The van der Waals surface area contributed by atoms with Crippen LogP contribution in [0.5, 0.6) is 11.5 Å². The van der Waals surface area contributed by atoms with Crippen molar-refractivity contribution < 1.29 is 28.9 Å². The summed E-state index contributed by atoms with van der Waals surface area (Å²) in [5.41, 5.74) is 0.299. The van der Waals surface area contributed by atoms with E-state index in [2.05, 4.69) is 0 Å². The normalized spacial score (nSPS) is 17.2. The smallest absolute Gasteiger partial charge is 0.346 e. The van der Waals surface area contributed by atoms with E-state index >= 15 is 0 Å². The van der Waals surface area contributed by atoms with E-state index in [4.69, 9.17) is 14.2 Å². The van der Waals surface area contributed by atoms with Crippen LogP contribution in [-0.4, -0.2) is 37.2 Å². The molecule has 1 heterocycles. The third kappa shape index (κ3) is 3.69. The molecule has 0 amide bonds. The predicted octanol–water partition coefficient (Wildman–Crippen LogP) is 2.60. The van der Waals surface area contributed by atoms with Gasteiger partial charge in [0.1, 0.15) is 17.1 Å². The number of rotatable bonds is 7. The first-order valence-electron chi connectivity index (χ1n) is 7.75. The van der Waals surface area contributed by atoms with Gasteiger partial charge in [-0.15, -0.1) is 0 Å². The minimum Gasteiger partial charge on any atom is -0.507 e. The molecule has 1 atom stereocenters. The standard InChI is InChI=1S/C18H22O6/c1-10(2)7-15-17(20)16(18(21)24-15)13(19)9-11-8-12(22-3)5-6-14(11)23-4/h5-6,8,10,15,20H,7,9H2,1-4H3. The third-order valence-electron chi connectivity index (χ3n) is 3.82. The number of aliphatic hydroxyl groups is 1. The van der Waals surface area contributed by atoms with Gasteiger partial charge in [-0.3, -0.25) is 4.79 Å². The van der Waals surface area contributed by atoms with Crippen molar-refractivity contribution in [2.45, 2.75) is 32.8 Å². The summed E-state index contributed by atoms with van der Waals surface area (Å²) >= 11 is 0. The molecule has 1 aromatic carbocycles. The topological polar surface area (TPSA) is 82.1 Å². The van der Waals surface area contributed by atoms with E-state index in [-0.39, 0.29) is 23.7 Å². The summed E-state index contributed by atoms with van der Waals surface area (Å²) in [5, 5.41) is 10.2. The van der Waals surface area contributed by atoms with Crippen LogP contribution in [0, 0.1) is 5.92 Å². The number of hydrogen-bond donors (Lipinski definition) is 1. The Bertz CT molecular complexity index is 674. The number of esters is 1. The monoisotopic (exact) mass is 334 g/mol. The predicted molar refractivity (Wildman–Crippen MR) is 87.2 cm³/mol. The molecule has 6 nitrogen and oxygen atoms in total. The number of carbonyl (C=O) groups is 2. The lowest BCUT2D eigenvalue weighted by Gasteiger charge is -2.11. The van der Waals surface area contributed by atoms with E-state index in [0.717, 1.165) is 0 Å². The maximum absolute atomic E-state index is 12.5. The average Bonchev–Trinajstić information content (AvgIpc) is 2.80. The second kappa shape index (κ2) is 7.38. The third-order valence-corrected chi connectivity index (χ3v) is 3.82. The molecule has 1 unspecified atom stereocenters. The maximum atomic E-state index is 12.5. The number of Topliss-reactive ketones (excluding diaryl/α,β-unsaturated/α-hetero) is 1. The van der Waals surface area contributed by atoms with Gasteiger partial charge in [-0.1, -0.05) is 13.8 Å². The van der Waals surface area contributed by atoms with E-state index in [1.165, 1.54) is 14.2 Å². The number of hydrogen-bond acceptors (Lipinski definition) is 6. The number of ether oxygens (including phenoxy) is 3. The van der Waals surface area contributed by atoms with Gasteiger partial charge in [0.05, 0.1) is 14.2 Å². The number of methoxy groups -OCH3 is 2. The van der Waals surface area contributed by atoms with Crippen LogP contribution < -0.4 is 9.47 Å². The Hall–Kier alpha value is -2.50. The molecule has 130 valence electrons. The van der Waals surface area contributed by atoms with Gasteiger partial charge >= 0.3 is 5.97 Å². The molecule has 0 radical (unpaired) electrons. The largest absolute Gasteiger partial charge is 0.507 e. The molecule has 1 aliphatic heterocycles. The highest BCUT2D eigenvalue weighted by Gasteiger charge is 2.38. The highest BCUT2D eigenvalue weighted by Crippen LogP contribution is 2.29. The Labute approximate surface area is 141 Å². The van der Waals surface area contributed by atoms with Crippen LogP contribution in [-0.2, 0) is 20.7 Å². The zero-order valence-electron chi connectivity index (χ0n) is 14.3. The zero-order valence-corrected chi connectivity index (χ0v) is 14.3. The molecular weight excluding hydrogens is 312 g/mol. The van der Waals surface area contributed by atoms with Crippen LogP contribution in [0.2, 0.25) is 0 Å². The van der Waals surface area contributed by atoms with Crippen molar-refractivity contribution in [1.29, 1.82) is 0 Å². The number of ketones is 1. The number of aliphatic hydroxyl groups excluding tert-OH is 1. The van der Waals surface area contributed by atoms with Gasteiger partial charge in [0.25, 0.3) is 0 Å². The van der Waals surface area contributed by atoms with Crippen LogP contribution in [0.1, 0.15) is 25.8 Å². The first-order chi connectivity index (χ1) is 11.4. The van der Waals surface area contributed by atoms with Crippen molar-refractivity contribution in [3.8, 4) is 11.5 Å². The molecule has 0 saturated heterocycles. The van der Waals surface area contributed by atoms with Crippen molar-refractivity contribution >= 4 is 11.8 Å². The quantitative estimate of drug-likeness (QED) is 0.610. The van der Waals surface area contributed by atoms with Gasteiger partial charge in [0.15, 0.2) is 17.6 Å². The molecule has 1 aromatic rings. The van der Waals surface area contributed by atoms with Crippen LogP contribution in [0.4, 0.5) is 0 Å². The summed E-state index contributed by atoms with van der Waals surface area (Å²) < 4.78 is 15.5. The molecule has 1 N–H and O–H groups in total. The van der Waals surface area contributed by atoms with Crippen LogP contribution >= 0.6 is 0 Å². The van der Waals surface area contributed by atoms with Crippen LogP contribution in [0.3, 0.4) is 0 Å². The summed E-state index contributed by atoms with van der Waals surface area (Å²) in [5.74, 6) is -0.253. The lowest BCUT2D eigenvalue weighted by molar-refractivity contribution is -0.141. The van der Waals surface area contributed by atoms with Gasteiger partial charge in [-0.2, -0.15) is 0 Å². The average molecular weight is 334 g/mol. The summed E-state index contributed by atoms with van der Waals surface area (Å²) in [7, 11) is 3.02. The fraction of sp³-hybridized carbons (Fsp3) is 0.444. The number of cyclic esters (lactones) is 1. The van der Waals surface area contributed by atoms with Gasteiger partial charge in [0, 0.05) is 12.0 Å². The molecule has 0 fully saturated rings. The van der Waals surface area contributed by atoms with E-state index in [9.17, 15) is 14.7 Å². The highest BCUT2D eigenvalue weighted by atomic mass is 16.6. The fourth-order valence-corrected chi connectivity index (χ4v) is 2.64. The van der Waals surface area contributed by atoms with Gasteiger partial charge in [-0.05, 0) is 30.5 Å². The summed E-state index contributed by atoms with van der Waals surface area (Å²) in [6.07, 6.45) is -0.372. The first-order valence-corrected chi connectivity index (χ1v) is 7.75. The van der Waals surface area contributed by atoms with Gasteiger partial charge in [-0.25, -0.2) is 4.79 Å². The molecule has 0 saturated carbocycles. The van der Waals surface area contributed by atoms with Gasteiger partial charge < -0.3 is 19.3 Å². The van der Waals surface area contributed by atoms with Crippen molar-refractivity contribution in [3.05, 3.63) is 35.1 Å². The Balaban J connectivity index is 2.26. The van der Waals surface area contributed by atoms with Gasteiger partial charge in [0.2, 0.25) is 0 Å². The molecule has 24 heavy (non-hydrogen) atoms. The number of benzene rings is 1. The molecule has 0 spiro atoms. The van der Waals surface area contributed by atoms with Crippen LogP contribution in [0.15, 0.2) is 29.5 Å². The molecule has 0 bridgehead atoms.